The largest absolute Gasteiger partial charge is 0.387 e. The van der Waals surface area contributed by atoms with Crippen molar-refractivity contribution in [2.24, 2.45) is 0 Å². The van der Waals surface area contributed by atoms with Crippen molar-refractivity contribution in [2.45, 2.75) is 18.8 Å². The minimum Gasteiger partial charge on any atom is -0.387 e. The number of benzene rings is 2. The molecule has 1 saturated heterocycles. The molecule has 0 aromatic heterocycles. The van der Waals surface area contributed by atoms with Crippen LogP contribution in [0.5, 0.6) is 0 Å². The van der Waals surface area contributed by atoms with Crippen LogP contribution in [0.15, 0.2) is 30.3 Å². The molecule has 2 aromatic carbocycles. The van der Waals surface area contributed by atoms with Crippen molar-refractivity contribution in [1.29, 1.82) is 5.26 Å². The van der Waals surface area contributed by atoms with Crippen LogP contribution in [0.3, 0.4) is 0 Å². The van der Waals surface area contributed by atoms with Crippen molar-refractivity contribution in [3.63, 3.8) is 0 Å². The second kappa shape index (κ2) is 7.73. The molecule has 3 N–H and O–H groups in total. The van der Waals surface area contributed by atoms with Crippen LogP contribution in [0.4, 0.5) is 21.5 Å². The van der Waals surface area contributed by atoms with Crippen molar-refractivity contribution in [3.8, 4) is 6.07 Å². The maximum Gasteiger partial charge on any atom is 0.141 e. The van der Waals surface area contributed by atoms with Crippen LogP contribution in [-0.2, 0) is 0 Å². The van der Waals surface area contributed by atoms with Crippen LogP contribution in [0.25, 0.3) is 0 Å². The van der Waals surface area contributed by atoms with E-state index in [0.717, 1.165) is 42.9 Å². The molecule has 2 aromatic rings. The molecular weight excluding hydrogens is 339 g/mol. The predicted octanol–water partition coefficient (Wildman–Crippen LogP) is 4.60. The molecule has 130 valence electrons. The molecule has 1 unspecified atom stereocenters. The first kappa shape index (κ1) is 17.5. The fourth-order valence-electron chi connectivity index (χ4n) is 3.28. The Morgan fingerprint density at radius 2 is 2.12 bits per heavy atom. The molecule has 0 aliphatic carbocycles. The van der Waals surface area contributed by atoms with Gasteiger partial charge in [-0.25, -0.2) is 4.39 Å². The molecule has 1 aliphatic rings. The summed E-state index contributed by atoms with van der Waals surface area (Å²) < 4.78 is 13.3. The molecule has 0 bridgehead atoms. The Morgan fingerprint density at radius 1 is 1.28 bits per heavy atom. The van der Waals surface area contributed by atoms with E-state index in [1.807, 2.05) is 7.05 Å². The third-order valence-electron chi connectivity index (χ3n) is 4.48. The first-order valence-corrected chi connectivity index (χ1v) is 8.68. The van der Waals surface area contributed by atoms with Gasteiger partial charge in [0.1, 0.15) is 11.9 Å². The second-order valence-electron chi connectivity index (χ2n) is 6.15. The topological polar surface area (TPSA) is 59.9 Å². The molecule has 0 amide bonds. The number of nitrogens with zero attached hydrogens (tertiary/aromatic N) is 1. The predicted molar refractivity (Wildman–Crippen MR) is 100 cm³/mol. The number of nitrogens with one attached hydrogen (secondary N) is 3. The van der Waals surface area contributed by atoms with Gasteiger partial charge in [-0.1, -0.05) is 11.6 Å². The van der Waals surface area contributed by atoms with E-state index < -0.39 is 5.82 Å². The van der Waals surface area contributed by atoms with Gasteiger partial charge < -0.3 is 16.0 Å². The fourth-order valence-corrected chi connectivity index (χ4v) is 3.46. The van der Waals surface area contributed by atoms with Gasteiger partial charge in [-0.3, -0.25) is 0 Å². The minimum atomic E-state index is -0.454. The smallest absolute Gasteiger partial charge is 0.141 e. The van der Waals surface area contributed by atoms with Crippen molar-refractivity contribution < 1.29 is 4.39 Å². The van der Waals surface area contributed by atoms with Crippen molar-refractivity contribution in [1.82, 2.24) is 5.32 Å². The van der Waals surface area contributed by atoms with Crippen LogP contribution in [0, 0.1) is 17.1 Å². The minimum absolute atomic E-state index is 0.0639. The second-order valence-corrected chi connectivity index (χ2v) is 6.55. The third kappa shape index (κ3) is 3.87. The van der Waals surface area contributed by atoms with E-state index >= 15 is 0 Å². The van der Waals surface area contributed by atoms with E-state index in [1.54, 1.807) is 12.1 Å². The number of halogens is 2. The van der Waals surface area contributed by atoms with E-state index in [-0.39, 0.29) is 5.02 Å². The van der Waals surface area contributed by atoms with E-state index in [1.165, 1.54) is 12.1 Å². The normalized spacial score (nSPS) is 17.0. The quantitative estimate of drug-likeness (QED) is 0.747. The molecule has 1 aliphatic heterocycles. The van der Waals surface area contributed by atoms with Crippen LogP contribution < -0.4 is 16.0 Å². The third-order valence-corrected chi connectivity index (χ3v) is 4.77. The molecule has 1 atom stereocenters. The van der Waals surface area contributed by atoms with Gasteiger partial charge in [-0.05, 0) is 61.2 Å². The van der Waals surface area contributed by atoms with Crippen molar-refractivity contribution >= 4 is 28.7 Å². The lowest BCUT2D eigenvalue weighted by Crippen LogP contribution is -2.28. The lowest BCUT2D eigenvalue weighted by molar-refractivity contribution is 0.462. The highest BCUT2D eigenvalue weighted by atomic mass is 35.5. The zero-order chi connectivity index (χ0) is 17.8. The van der Waals surface area contributed by atoms with Crippen LogP contribution >= 0.6 is 11.6 Å². The van der Waals surface area contributed by atoms with Crippen molar-refractivity contribution in [3.05, 3.63) is 52.3 Å². The maximum absolute atomic E-state index is 13.3. The molecular formula is C19H20ClFN4. The molecule has 0 saturated carbocycles. The number of anilines is 3. The Balaban J connectivity index is 1.98. The average Bonchev–Trinajstić information content (AvgIpc) is 2.64. The summed E-state index contributed by atoms with van der Waals surface area (Å²) >= 11 is 5.85. The maximum atomic E-state index is 13.3. The van der Waals surface area contributed by atoms with Gasteiger partial charge in [0.15, 0.2) is 0 Å². The number of nitriles is 1. The van der Waals surface area contributed by atoms with Crippen LogP contribution in [0.2, 0.25) is 5.02 Å². The molecule has 6 heteroatoms. The Bertz CT molecular complexity index is 810. The average molecular weight is 359 g/mol. The molecule has 0 radical (unpaired) electrons. The summed E-state index contributed by atoms with van der Waals surface area (Å²) in [5, 5.41) is 19.4. The van der Waals surface area contributed by atoms with Crippen molar-refractivity contribution in [2.75, 3.05) is 30.8 Å². The summed E-state index contributed by atoms with van der Waals surface area (Å²) in [7, 11) is 1.84. The first-order valence-electron chi connectivity index (χ1n) is 8.31. The van der Waals surface area contributed by atoms with E-state index in [9.17, 15) is 9.65 Å². The summed E-state index contributed by atoms with van der Waals surface area (Å²) in [4.78, 5) is 0. The number of piperidine rings is 1. The Kier molecular flexibility index (Phi) is 5.42. The van der Waals surface area contributed by atoms with Gasteiger partial charge in [0.05, 0.1) is 16.3 Å². The summed E-state index contributed by atoms with van der Waals surface area (Å²) in [6.07, 6.45) is 2.19. The lowest BCUT2D eigenvalue weighted by atomic mass is 9.88. The van der Waals surface area contributed by atoms with Crippen LogP contribution in [-0.4, -0.2) is 20.1 Å². The molecule has 0 spiro atoms. The molecule has 1 heterocycles. The molecule has 1 fully saturated rings. The van der Waals surface area contributed by atoms with E-state index in [4.69, 9.17) is 11.6 Å². The number of rotatable bonds is 4. The van der Waals surface area contributed by atoms with Gasteiger partial charge in [-0.2, -0.15) is 5.26 Å². The zero-order valence-electron chi connectivity index (χ0n) is 14.0. The highest BCUT2D eigenvalue weighted by molar-refractivity contribution is 6.31. The van der Waals surface area contributed by atoms with Crippen LogP contribution in [0.1, 0.15) is 29.9 Å². The van der Waals surface area contributed by atoms with Gasteiger partial charge in [0.2, 0.25) is 0 Å². The molecule has 3 rings (SSSR count). The summed E-state index contributed by atoms with van der Waals surface area (Å²) in [6, 6.07) is 10.6. The Morgan fingerprint density at radius 3 is 2.76 bits per heavy atom. The highest BCUT2D eigenvalue weighted by Crippen LogP contribution is 2.35. The van der Waals surface area contributed by atoms with Gasteiger partial charge in [0, 0.05) is 25.0 Å². The Hall–Kier alpha value is -2.29. The fraction of sp³-hybridized carbons (Fsp3) is 0.316. The summed E-state index contributed by atoms with van der Waals surface area (Å²) in [5.74, 6) is -0.105. The summed E-state index contributed by atoms with van der Waals surface area (Å²) in [6.45, 7) is 1.92. The highest BCUT2D eigenvalue weighted by Gasteiger charge is 2.21. The molecule has 25 heavy (non-hydrogen) atoms. The van der Waals surface area contributed by atoms with E-state index in [0.29, 0.717) is 17.2 Å². The number of hydrogen-bond donors (Lipinski definition) is 3. The van der Waals surface area contributed by atoms with Gasteiger partial charge >= 0.3 is 0 Å². The Labute approximate surface area is 152 Å². The standard InChI is InChI=1S/C19H20ClFN4/c1-23-19-13(10-22)7-15(8-16(19)12-3-2-6-24-11-12)25-14-4-5-18(21)17(20)9-14/h4-5,7-9,12,23-25H,2-3,6,11H2,1H3. The van der Waals surface area contributed by atoms with Gasteiger partial charge in [-0.15, -0.1) is 0 Å². The van der Waals surface area contributed by atoms with E-state index in [2.05, 4.69) is 28.1 Å². The number of hydrogen-bond acceptors (Lipinski definition) is 4. The SMILES string of the molecule is CNc1c(C#N)cc(Nc2ccc(F)c(Cl)c2)cc1C1CCCNC1. The monoisotopic (exact) mass is 358 g/mol. The first-order chi connectivity index (χ1) is 12.1. The lowest BCUT2D eigenvalue weighted by Gasteiger charge is -2.26. The zero-order valence-corrected chi connectivity index (χ0v) is 14.8. The van der Waals surface area contributed by atoms with Gasteiger partial charge in [0.25, 0.3) is 0 Å². The molecule has 4 nitrogen and oxygen atoms in total. The summed E-state index contributed by atoms with van der Waals surface area (Å²) in [5.41, 5.74) is 4.05.